The first kappa shape index (κ1) is 18.2. The van der Waals surface area contributed by atoms with Gasteiger partial charge in [-0.2, -0.15) is 5.26 Å². The Hall–Kier alpha value is -3.13. The quantitative estimate of drug-likeness (QED) is 0.789. The van der Waals surface area contributed by atoms with Gasteiger partial charge in [-0.3, -0.25) is 9.59 Å². The maximum Gasteiger partial charge on any atom is 0.272 e. The second-order valence-corrected chi connectivity index (χ2v) is 6.67. The third-order valence-corrected chi connectivity index (χ3v) is 3.70. The number of hydrogen-bond acceptors (Lipinski definition) is 3. The molecule has 5 heteroatoms. The van der Waals surface area contributed by atoms with E-state index in [1.54, 1.807) is 55.6 Å². The van der Waals surface area contributed by atoms with Crippen LogP contribution in [0.15, 0.2) is 54.6 Å². The van der Waals surface area contributed by atoms with Crippen LogP contribution in [0.2, 0.25) is 0 Å². The number of hydrogen-bond donors (Lipinski definition) is 0. The molecule has 0 N–H and O–H groups in total. The molecule has 0 heterocycles. The van der Waals surface area contributed by atoms with Crippen LogP contribution in [0.4, 0.5) is 0 Å². The van der Waals surface area contributed by atoms with Crippen molar-refractivity contribution in [3.63, 3.8) is 0 Å². The third kappa shape index (κ3) is 4.04. The van der Waals surface area contributed by atoms with Crippen molar-refractivity contribution in [2.24, 2.45) is 0 Å². The lowest BCUT2D eigenvalue weighted by Crippen LogP contribution is -2.56. The summed E-state index contributed by atoms with van der Waals surface area (Å²) in [6.45, 7) is 5.59. The van der Waals surface area contributed by atoms with E-state index in [0.717, 1.165) is 0 Å². The molecule has 0 spiro atoms. The predicted octanol–water partition coefficient (Wildman–Crippen LogP) is 3.49. The Labute approximate surface area is 148 Å². The van der Waals surface area contributed by atoms with Crippen molar-refractivity contribution >= 4 is 11.8 Å². The van der Waals surface area contributed by atoms with Crippen LogP contribution in [0.3, 0.4) is 0 Å². The molecule has 0 aliphatic rings. The van der Waals surface area contributed by atoms with Gasteiger partial charge in [0, 0.05) is 18.2 Å². The first-order chi connectivity index (χ1) is 11.8. The Morgan fingerprint density at radius 1 is 0.880 bits per heavy atom. The van der Waals surface area contributed by atoms with E-state index in [4.69, 9.17) is 5.26 Å². The van der Waals surface area contributed by atoms with Gasteiger partial charge in [0.05, 0.1) is 17.2 Å². The molecule has 2 aromatic carbocycles. The van der Waals surface area contributed by atoms with Gasteiger partial charge in [0.15, 0.2) is 0 Å². The molecule has 0 saturated carbocycles. The molecule has 0 aliphatic heterocycles. The lowest BCUT2D eigenvalue weighted by atomic mass is 10.1. The zero-order valence-electron chi connectivity index (χ0n) is 14.9. The molecule has 0 aliphatic carbocycles. The molecule has 0 aromatic heterocycles. The van der Waals surface area contributed by atoms with Gasteiger partial charge in [0.2, 0.25) is 0 Å². The summed E-state index contributed by atoms with van der Waals surface area (Å²) in [6, 6.07) is 17.2. The average molecular weight is 335 g/mol. The maximum atomic E-state index is 13.0. The van der Waals surface area contributed by atoms with Gasteiger partial charge in [-0.25, -0.2) is 10.0 Å². The van der Waals surface area contributed by atoms with Crippen molar-refractivity contribution in [1.29, 1.82) is 5.26 Å². The maximum absolute atomic E-state index is 13.0. The number of nitrogens with zero attached hydrogens (tertiary/aromatic N) is 3. The number of nitriles is 1. The number of carbonyl (C=O) groups is 2. The Morgan fingerprint density at radius 3 is 1.88 bits per heavy atom. The number of rotatable bonds is 2. The van der Waals surface area contributed by atoms with Gasteiger partial charge in [0.1, 0.15) is 0 Å². The van der Waals surface area contributed by atoms with Crippen LogP contribution >= 0.6 is 0 Å². The van der Waals surface area contributed by atoms with Crippen molar-refractivity contribution in [2.45, 2.75) is 26.3 Å². The van der Waals surface area contributed by atoms with Gasteiger partial charge in [-0.05, 0) is 57.2 Å². The van der Waals surface area contributed by atoms with Crippen LogP contribution in [0.5, 0.6) is 0 Å². The first-order valence-corrected chi connectivity index (χ1v) is 7.93. The molecule has 0 fully saturated rings. The zero-order valence-corrected chi connectivity index (χ0v) is 14.9. The van der Waals surface area contributed by atoms with Gasteiger partial charge >= 0.3 is 0 Å². The van der Waals surface area contributed by atoms with E-state index < -0.39 is 5.54 Å². The molecule has 25 heavy (non-hydrogen) atoms. The van der Waals surface area contributed by atoms with Crippen molar-refractivity contribution in [2.75, 3.05) is 7.05 Å². The molecule has 0 unspecified atom stereocenters. The van der Waals surface area contributed by atoms with Crippen molar-refractivity contribution in [3.05, 3.63) is 71.3 Å². The summed E-state index contributed by atoms with van der Waals surface area (Å²) in [5, 5.41) is 11.7. The van der Waals surface area contributed by atoms with Crippen LogP contribution in [-0.4, -0.2) is 34.4 Å². The van der Waals surface area contributed by atoms with Crippen LogP contribution in [-0.2, 0) is 0 Å². The monoisotopic (exact) mass is 335 g/mol. The fourth-order valence-electron chi connectivity index (χ4n) is 2.56. The van der Waals surface area contributed by atoms with Crippen LogP contribution in [0.1, 0.15) is 47.1 Å². The Morgan fingerprint density at radius 2 is 1.40 bits per heavy atom. The molecule has 128 valence electrons. The molecule has 2 aromatic rings. The SMILES string of the molecule is CN(C(=O)c1ccccc1)N(C(=O)c1ccc(C#N)cc1)C(C)(C)C. The Bertz CT molecular complexity index is 800. The summed E-state index contributed by atoms with van der Waals surface area (Å²) in [5.41, 5.74) is 0.797. The normalized spacial score (nSPS) is 10.7. The Balaban J connectivity index is 2.37. The minimum atomic E-state index is -0.607. The van der Waals surface area contributed by atoms with E-state index in [-0.39, 0.29) is 11.8 Å². The van der Waals surface area contributed by atoms with Crippen LogP contribution in [0.25, 0.3) is 0 Å². The van der Waals surface area contributed by atoms with E-state index in [9.17, 15) is 9.59 Å². The van der Waals surface area contributed by atoms with Gasteiger partial charge in [-0.15, -0.1) is 0 Å². The van der Waals surface area contributed by atoms with E-state index in [0.29, 0.717) is 16.7 Å². The molecule has 0 saturated heterocycles. The first-order valence-electron chi connectivity index (χ1n) is 7.93. The highest BCUT2D eigenvalue weighted by Crippen LogP contribution is 2.21. The molecule has 5 nitrogen and oxygen atoms in total. The van der Waals surface area contributed by atoms with Gasteiger partial charge < -0.3 is 0 Å². The largest absolute Gasteiger partial charge is 0.272 e. The average Bonchev–Trinajstić information content (AvgIpc) is 2.60. The zero-order chi connectivity index (χ0) is 18.6. The standard InChI is InChI=1S/C20H21N3O2/c1-20(2,3)23(19(25)17-12-10-15(14-21)11-13-17)22(4)18(24)16-8-6-5-7-9-16/h5-13H,1-4H3. The topological polar surface area (TPSA) is 64.4 Å². The van der Waals surface area contributed by atoms with Crippen LogP contribution < -0.4 is 0 Å². The van der Waals surface area contributed by atoms with E-state index in [2.05, 4.69) is 0 Å². The number of benzene rings is 2. The summed E-state index contributed by atoms with van der Waals surface area (Å²) < 4.78 is 0. The fraction of sp³-hybridized carbons (Fsp3) is 0.250. The highest BCUT2D eigenvalue weighted by molar-refractivity contribution is 5.99. The molecule has 2 amide bonds. The fourth-order valence-corrected chi connectivity index (χ4v) is 2.56. The second kappa shape index (κ2) is 7.18. The molecule has 0 radical (unpaired) electrons. The van der Waals surface area contributed by atoms with Gasteiger partial charge in [-0.1, -0.05) is 18.2 Å². The highest BCUT2D eigenvalue weighted by atomic mass is 16.2. The summed E-state index contributed by atoms with van der Waals surface area (Å²) >= 11 is 0. The van der Waals surface area contributed by atoms with Crippen molar-refractivity contribution < 1.29 is 9.59 Å². The summed E-state index contributed by atoms with van der Waals surface area (Å²) in [4.78, 5) is 25.8. The summed E-state index contributed by atoms with van der Waals surface area (Å²) in [6.07, 6.45) is 0. The summed E-state index contributed by atoms with van der Waals surface area (Å²) in [7, 11) is 1.59. The lowest BCUT2D eigenvalue weighted by molar-refractivity contribution is -0.0308. The van der Waals surface area contributed by atoms with Gasteiger partial charge in [0.25, 0.3) is 11.8 Å². The predicted molar refractivity (Wildman–Crippen MR) is 95.6 cm³/mol. The minimum Gasteiger partial charge on any atom is -0.267 e. The van der Waals surface area contributed by atoms with Crippen molar-refractivity contribution in [1.82, 2.24) is 10.0 Å². The number of carbonyl (C=O) groups excluding carboxylic acids is 2. The number of amides is 2. The molecule has 2 rings (SSSR count). The minimum absolute atomic E-state index is 0.266. The summed E-state index contributed by atoms with van der Waals surface area (Å²) in [5.74, 6) is -0.568. The molecular formula is C20H21N3O2. The molecule has 0 bridgehead atoms. The number of hydrazine groups is 1. The molecule has 0 atom stereocenters. The highest BCUT2D eigenvalue weighted by Gasteiger charge is 2.33. The van der Waals surface area contributed by atoms with E-state index >= 15 is 0 Å². The third-order valence-electron chi connectivity index (χ3n) is 3.70. The smallest absolute Gasteiger partial charge is 0.267 e. The van der Waals surface area contributed by atoms with E-state index in [1.165, 1.54) is 10.0 Å². The lowest BCUT2D eigenvalue weighted by Gasteiger charge is -2.41. The van der Waals surface area contributed by atoms with Crippen LogP contribution in [0, 0.1) is 11.3 Å². The van der Waals surface area contributed by atoms with Crippen molar-refractivity contribution in [3.8, 4) is 6.07 Å². The van der Waals surface area contributed by atoms with E-state index in [1.807, 2.05) is 32.9 Å². The Kier molecular flexibility index (Phi) is 5.23. The molecular weight excluding hydrogens is 314 g/mol. The second-order valence-electron chi connectivity index (χ2n) is 6.67.